The van der Waals surface area contributed by atoms with E-state index in [1.807, 2.05) is 102 Å². The highest BCUT2D eigenvalue weighted by Crippen LogP contribution is 2.32. The maximum Gasteiger partial charge on any atom is 0.255 e. The van der Waals surface area contributed by atoms with Crippen LogP contribution in [0.1, 0.15) is 38.9 Å². The number of aromatic nitrogens is 1. The van der Waals surface area contributed by atoms with Gasteiger partial charge in [-0.15, -0.1) is 0 Å². The van der Waals surface area contributed by atoms with Crippen molar-refractivity contribution < 1.29 is 14.3 Å². The summed E-state index contributed by atoms with van der Waals surface area (Å²) in [6.07, 6.45) is 0.945. The van der Waals surface area contributed by atoms with Gasteiger partial charge in [0.2, 0.25) is 0 Å². The van der Waals surface area contributed by atoms with Gasteiger partial charge in [0.25, 0.3) is 11.8 Å². The van der Waals surface area contributed by atoms with Gasteiger partial charge in [0.1, 0.15) is 5.75 Å². The molecular formula is C32H33N3O3. The van der Waals surface area contributed by atoms with Crippen molar-refractivity contribution in [1.29, 1.82) is 0 Å². The number of nitrogens with zero attached hydrogens (tertiary/aromatic N) is 3. The molecule has 1 fully saturated rings. The van der Waals surface area contributed by atoms with Gasteiger partial charge in [-0.25, -0.2) is 0 Å². The summed E-state index contributed by atoms with van der Waals surface area (Å²) in [7, 11) is 1.65. The lowest BCUT2D eigenvalue weighted by atomic mass is 10.1. The van der Waals surface area contributed by atoms with Gasteiger partial charge in [0.05, 0.1) is 18.4 Å². The van der Waals surface area contributed by atoms with Crippen LogP contribution in [0.15, 0.2) is 84.9 Å². The fraction of sp³-hybridized carbons (Fsp3) is 0.250. The lowest BCUT2D eigenvalue weighted by Gasteiger charge is -2.35. The third kappa shape index (κ3) is 4.94. The van der Waals surface area contributed by atoms with Gasteiger partial charge in [0.15, 0.2) is 0 Å². The molecule has 0 spiro atoms. The number of hydrogen-bond acceptors (Lipinski definition) is 3. The van der Waals surface area contributed by atoms with Crippen molar-refractivity contribution >= 4 is 11.8 Å². The number of methoxy groups -OCH3 is 1. The van der Waals surface area contributed by atoms with Gasteiger partial charge in [-0.1, -0.05) is 49.4 Å². The fourth-order valence-corrected chi connectivity index (χ4v) is 5.08. The van der Waals surface area contributed by atoms with Gasteiger partial charge in [-0.2, -0.15) is 0 Å². The molecule has 0 aliphatic carbocycles. The second kappa shape index (κ2) is 11.0. The molecule has 0 bridgehead atoms. The van der Waals surface area contributed by atoms with Crippen molar-refractivity contribution in [1.82, 2.24) is 14.4 Å². The summed E-state index contributed by atoms with van der Waals surface area (Å²) < 4.78 is 7.58. The van der Waals surface area contributed by atoms with E-state index in [1.165, 1.54) is 5.56 Å². The Hall–Kier alpha value is -4.32. The summed E-state index contributed by atoms with van der Waals surface area (Å²) in [5, 5.41) is 0. The van der Waals surface area contributed by atoms with Gasteiger partial charge >= 0.3 is 0 Å². The number of carbonyl (C=O) groups is 2. The van der Waals surface area contributed by atoms with E-state index in [4.69, 9.17) is 4.74 Å². The second-order valence-corrected chi connectivity index (χ2v) is 9.57. The highest BCUT2D eigenvalue weighted by atomic mass is 16.5. The minimum absolute atomic E-state index is 0.0132. The number of carbonyl (C=O) groups excluding carboxylic acids is 2. The highest BCUT2D eigenvalue weighted by molar-refractivity contribution is 5.98. The molecule has 6 heteroatoms. The third-order valence-corrected chi connectivity index (χ3v) is 7.32. The zero-order chi connectivity index (χ0) is 26.6. The molecule has 4 aromatic rings. The molecule has 1 aliphatic heterocycles. The number of hydrogen-bond donors (Lipinski definition) is 0. The SMILES string of the molecule is CCc1ccc(C(=O)N2CCN(C(=O)c3cc(-c4cccc(OC)c4)n(-c4ccccc4)c3C)CC2)cc1. The minimum atomic E-state index is -0.0132. The molecule has 1 saturated heterocycles. The molecule has 38 heavy (non-hydrogen) atoms. The molecule has 0 radical (unpaired) electrons. The van der Waals surface area contributed by atoms with Gasteiger partial charge < -0.3 is 19.1 Å². The van der Waals surface area contributed by atoms with Crippen LogP contribution >= 0.6 is 0 Å². The summed E-state index contributed by atoms with van der Waals surface area (Å²) in [5.74, 6) is 0.770. The predicted molar refractivity (Wildman–Crippen MR) is 150 cm³/mol. The summed E-state index contributed by atoms with van der Waals surface area (Å²) in [6, 6.07) is 27.7. The lowest BCUT2D eigenvalue weighted by Crippen LogP contribution is -2.50. The monoisotopic (exact) mass is 507 g/mol. The molecule has 0 atom stereocenters. The first-order chi connectivity index (χ1) is 18.5. The Morgan fingerprint density at radius 1 is 0.789 bits per heavy atom. The molecule has 1 aliphatic rings. The number of aryl methyl sites for hydroxylation is 1. The molecular weight excluding hydrogens is 474 g/mol. The number of benzene rings is 3. The predicted octanol–water partition coefficient (Wildman–Crippen LogP) is 5.62. The Bertz CT molecular complexity index is 1430. The van der Waals surface area contributed by atoms with Crippen LogP contribution in [0.2, 0.25) is 0 Å². The van der Waals surface area contributed by atoms with Crippen molar-refractivity contribution in [2.45, 2.75) is 20.3 Å². The topological polar surface area (TPSA) is 54.8 Å². The van der Waals surface area contributed by atoms with Crippen LogP contribution in [0.3, 0.4) is 0 Å². The number of piperazine rings is 1. The standard InChI is InChI=1S/C32H33N3O3/c1-4-24-13-15-25(16-14-24)31(36)33-17-19-34(20-18-33)32(37)29-22-30(26-9-8-12-28(21-26)38-3)35(23(29)2)27-10-6-5-7-11-27/h5-16,21-22H,4,17-20H2,1-3H3. The van der Waals surface area contributed by atoms with Gasteiger partial charge in [0, 0.05) is 48.7 Å². The molecule has 3 aromatic carbocycles. The van der Waals surface area contributed by atoms with Crippen LogP contribution < -0.4 is 4.74 Å². The Labute approximate surface area is 224 Å². The van der Waals surface area contributed by atoms with E-state index in [0.717, 1.165) is 34.8 Å². The molecule has 1 aromatic heterocycles. The molecule has 2 heterocycles. The Balaban J connectivity index is 1.39. The molecule has 194 valence electrons. The Kier molecular flexibility index (Phi) is 7.31. The van der Waals surface area contributed by atoms with E-state index in [0.29, 0.717) is 37.3 Å². The maximum atomic E-state index is 13.8. The van der Waals surface area contributed by atoms with E-state index in [9.17, 15) is 9.59 Å². The number of amides is 2. The van der Waals surface area contributed by atoms with Crippen molar-refractivity contribution in [3.05, 3.63) is 107 Å². The number of rotatable bonds is 6. The van der Waals surface area contributed by atoms with Crippen molar-refractivity contribution in [3.8, 4) is 22.7 Å². The van der Waals surface area contributed by atoms with Crippen LogP contribution in [0, 0.1) is 6.92 Å². The fourth-order valence-electron chi connectivity index (χ4n) is 5.08. The van der Waals surface area contributed by atoms with Crippen LogP contribution in [0.4, 0.5) is 0 Å². The van der Waals surface area contributed by atoms with Crippen LogP contribution in [0.25, 0.3) is 16.9 Å². The second-order valence-electron chi connectivity index (χ2n) is 9.57. The first-order valence-corrected chi connectivity index (χ1v) is 13.1. The minimum Gasteiger partial charge on any atom is -0.497 e. The Morgan fingerprint density at radius 2 is 1.45 bits per heavy atom. The zero-order valence-corrected chi connectivity index (χ0v) is 22.2. The molecule has 0 N–H and O–H groups in total. The van der Waals surface area contributed by atoms with Gasteiger partial charge in [-0.3, -0.25) is 9.59 Å². The molecule has 2 amide bonds. The maximum absolute atomic E-state index is 13.8. The summed E-state index contributed by atoms with van der Waals surface area (Å²) in [6.45, 7) is 6.12. The Morgan fingerprint density at radius 3 is 2.08 bits per heavy atom. The van der Waals surface area contributed by atoms with Crippen molar-refractivity contribution in [2.75, 3.05) is 33.3 Å². The van der Waals surface area contributed by atoms with E-state index in [-0.39, 0.29) is 11.8 Å². The molecule has 5 rings (SSSR count). The van der Waals surface area contributed by atoms with Crippen LogP contribution in [0.5, 0.6) is 5.75 Å². The smallest absolute Gasteiger partial charge is 0.255 e. The number of para-hydroxylation sites is 1. The van der Waals surface area contributed by atoms with E-state index >= 15 is 0 Å². The first kappa shape index (κ1) is 25.3. The van der Waals surface area contributed by atoms with Crippen molar-refractivity contribution in [3.63, 3.8) is 0 Å². The summed E-state index contributed by atoms with van der Waals surface area (Å²) in [4.78, 5) is 30.5. The summed E-state index contributed by atoms with van der Waals surface area (Å²) >= 11 is 0. The van der Waals surface area contributed by atoms with Crippen LogP contribution in [-0.4, -0.2) is 59.5 Å². The van der Waals surface area contributed by atoms with Crippen molar-refractivity contribution in [2.24, 2.45) is 0 Å². The van der Waals surface area contributed by atoms with E-state index < -0.39 is 0 Å². The van der Waals surface area contributed by atoms with E-state index in [1.54, 1.807) is 7.11 Å². The van der Waals surface area contributed by atoms with Crippen LogP contribution in [-0.2, 0) is 6.42 Å². The van der Waals surface area contributed by atoms with Gasteiger partial charge in [-0.05, 0) is 61.4 Å². The summed E-state index contributed by atoms with van der Waals surface area (Å²) in [5.41, 5.74) is 6.35. The molecule has 0 unspecified atom stereocenters. The first-order valence-electron chi connectivity index (χ1n) is 13.1. The largest absolute Gasteiger partial charge is 0.497 e. The lowest BCUT2D eigenvalue weighted by molar-refractivity contribution is 0.0535. The normalized spacial score (nSPS) is 13.4. The average Bonchev–Trinajstić information content (AvgIpc) is 3.33. The van der Waals surface area contributed by atoms with E-state index in [2.05, 4.69) is 11.5 Å². The molecule has 0 saturated carbocycles. The quantitative estimate of drug-likeness (QED) is 0.340. The average molecular weight is 508 g/mol. The zero-order valence-electron chi connectivity index (χ0n) is 22.2. The number of ether oxygens (including phenoxy) is 1. The highest BCUT2D eigenvalue weighted by Gasteiger charge is 2.28. The third-order valence-electron chi connectivity index (χ3n) is 7.32. The molecule has 6 nitrogen and oxygen atoms in total.